The summed E-state index contributed by atoms with van der Waals surface area (Å²) in [4.78, 5) is 34.4. The molecule has 8 heteroatoms. The molecule has 0 atom stereocenters. The minimum atomic E-state index is -0.863. The van der Waals surface area contributed by atoms with Gasteiger partial charge in [-0.1, -0.05) is 6.07 Å². The van der Waals surface area contributed by atoms with Crippen molar-refractivity contribution >= 4 is 23.3 Å². The van der Waals surface area contributed by atoms with E-state index in [4.69, 9.17) is 9.47 Å². The third-order valence-electron chi connectivity index (χ3n) is 3.11. The van der Waals surface area contributed by atoms with Crippen molar-refractivity contribution in [2.24, 2.45) is 0 Å². The fourth-order valence-electron chi connectivity index (χ4n) is 1.99. The van der Waals surface area contributed by atoms with E-state index in [2.05, 4.69) is 5.32 Å². The fraction of sp³-hybridized carbons (Fsp3) is 0.167. The Morgan fingerprint density at radius 1 is 1.04 bits per heavy atom. The Labute approximate surface area is 147 Å². The SMILES string of the molecule is CC(=O)Nc1ccc(C(=O)COC(=O)COc2cccc(F)c2)c(F)c1. The van der Waals surface area contributed by atoms with Crippen LogP contribution in [-0.2, 0) is 14.3 Å². The molecule has 0 bridgehead atoms. The first-order valence-electron chi connectivity index (χ1n) is 7.49. The number of nitrogens with one attached hydrogen (secondary N) is 1. The number of benzene rings is 2. The summed E-state index contributed by atoms with van der Waals surface area (Å²) in [6, 6.07) is 8.69. The van der Waals surface area contributed by atoms with Crippen molar-refractivity contribution in [3.05, 3.63) is 59.7 Å². The smallest absolute Gasteiger partial charge is 0.344 e. The number of amides is 1. The molecule has 2 rings (SSSR count). The Morgan fingerprint density at radius 3 is 2.46 bits per heavy atom. The van der Waals surface area contributed by atoms with Gasteiger partial charge < -0.3 is 14.8 Å². The Hall–Kier alpha value is -3.29. The van der Waals surface area contributed by atoms with Gasteiger partial charge in [-0.05, 0) is 30.3 Å². The van der Waals surface area contributed by atoms with Crippen LogP contribution in [0.25, 0.3) is 0 Å². The monoisotopic (exact) mass is 363 g/mol. The molecule has 0 aromatic heterocycles. The molecule has 6 nitrogen and oxygen atoms in total. The third-order valence-corrected chi connectivity index (χ3v) is 3.11. The molecule has 0 heterocycles. The maximum Gasteiger partial charge on any atom is 0.344 e. The van der Waals surface area contributed by atoms with Crippen molar-refractivity contribution in [3.8, 4) is 5.75 Å². The van der Waals surface area contributed by atoms with E-state index in [9.17, 15) is 23.2 Å². The van der Waals surface area contributed by atoms with Gasteiger partial charge in [0.25, 0.3) is 0 Å². The van der Waals surface area contributed by atoms with Crippen LogP contribution in [0.5, 0.6) is 5.75 Å². The van der Waals surface area contributed by atoms with Crippen LogP contribution in [0.3, 0.4) is 0 Å². The quantitative estimate of drug-likeness (QED) is 0.604. The Balaban J connectivity index is 1.85. The average Bonchev–Trinajstić information content (AvgIpc) is 2.57. The van der Waals surface area contributed by atoms with Crippen LogP contribution in [0.2, 0.25) is 0 Å². The number of hydrogen-bond donors (Lipinski definition) is 1. The molecule has 2 aromatic rings. The topological polar surface area (TPSA) is 81.7 Å². The zero-order chi connectivity index (χ0) is 19.1. The minimum Gasteiger partial charge on any atom is -0.482 e. The van der Waals surface area contributed by atoms with Gasteiger partial charge in [0, 0.05) is 18.7 Å². The largest absolute Gasteiger partial charge is 0.482 e. The van der Waals surface area contributed by atoms with E-state index in [1.807, 2.05) is 0 Å². The first kappa shape index (κ1) is 19.0. The van der Waals surface area contributed by atoms with Crippen LogP contribution in [0.4, 0.5) is 14.5 Å². The molecule has 1 N–H and O–H groups in total. The van der Waals surface area contributed by atoms with Crippen molar-refractivity contribution < 1.29 is 32.6 Å². The number of halogens is 2. The summed E-state index contributed by atoms with van der Waals surface area (Å²) in [5.74, 6) is -3.24. The molecule has 0 saturated carbocycles. The molecule has 0 spiro atoms. The molecule has 26 heavy (non-hydrogen) atoms. The molecule has 0 saturated heterocycles. The van der Waals surface area contributed by atoms with E-state index < -0.39 is 36.6 Å². The number of rotatable bonds is 7. The highest BCUT2D eigenvalue weighted by molar-refractivity contribution is 5.99. The number of anilines is 1. The molecule has 0 aliphatic rings. The summed E-state index contributed by atoms with van der Waals surface area (Å²) >= 11 is 0. The average molecular weight is 363 g/mol. The maximum absolute atomic E-state index is 13.9. The predicted molar refractivity (Wildman–Crippen MR) is 87.9 cm³/mol. The van der Waals surface area contributed by atoms with E-state index >= 15 is 0 Å². The molecule has 0 unspecified atom stereocenters. The van der Waals surface area contributed by atoms with E-state index in [-0.39, 0.29) is 22.9 Å². The molecular weight excluding hydrogens is 348 g/mol. The number of Topliss-reactive ketones (excluding diaryl/α,β-unsaturated/α-hetero) is 1. The highest BCUT2D eigenvalue weighted by Gasteiger charge is 2.15. The second kappa shape index (κ2) is 8.70. The van der Waals surface area contributed by atoms with Gasteiger partial charge >= 0.3 is 5.97 Å². The van der Waals surface area contributed by atoms with Crippen molar-refractivity contribution in [1.29, 1.82) is 0 Å². The standard InChI is InChI=1S/C18H15F2NO5/c1-11(22)21-13-5-6-15(16(20)8-13)17(23)9-26-18(24)10-25-14-4-2-3-12(19)7-14/h2-8H,9-10H2,1H3,(H,21,22). The van der Waals surface area contributed by atoms with Gasteiger partial charge in [-0.3, -0.25) is 9.59 Å². The minimum absolute atomic E-state index is 0.132. The van der Waals surface area contributed by atoms with Gasteiger partial charge in [-0.15, -0.1) is 0 Å². The summed E-state index contributed by atoms with van der Waals surface area (Å²) in [5.41, 5.74) is -0.0787. The molecule has 0 radical (unpaired) electrons. The van der Waals surface area contributed by atoms with Gasteiger partial charge in [-0.25, -0.2) is 13.6 Å². The lowest BCUT2D eigenvalue weighted by molar-refractivity contribution is -0.144. The lowest BCUT2D eigenvalue weighted by atomic mass is 10.1. The summed E-state index contributed by atoms with van der Waals surface area (Å²) in [7, 11) is 0. The van der Waals surface area contributed by atoms with Crippen LogP contribution in [0.1, 0.15) is 17.3 Å². The normalized spacial score (nSPS) is 10.1. The summed E-state index contributed by atoms with van der Waals surface area (Å²) in [6.07, 6.45) is 0. The Kier molecular flexibility index (Phi) is 6.37. The first-order valence-corrected chi connectivity index (χ1v) is 7.49. The lowest BCUT2D eigenvalue weighted by Gasteiger charge is -2.08. The second-order valence-corrected chi connectivity index (χ2v) is 5.21. The van der Waals surface area contributed by atoms with Crippen LogP contribution >= 0.6 is 0 Å². The Bertz CT molecular complexity index is 838. The zero-order valence-corrected chi connectivity index (χ0v) is 13.8. The number of ether oxygens (including phenoxy) is 2. The van der Waals surface area contributed by atoms with Crippen LogP contribution < -0.4 is 10.1 Å². The molecule has 1 amide bonds. The summed E-state index contributed by atoms with van der Waals surface area (Å²) in [5, 5.41) is 2.38. The number of esters is 1. The second-order valence-electron chi connectivity index (χ2n) is 5.21. The van der Waals surface area contributed by atoms with Gasteiger partial charge in [0.1, 0.15) is 17.4 Å². The van der Waals surface area contributed by atoms with Crippen molar-refractivity contribution in [2.45, 2.75) is 6.92 Å². The highest BCUT2D eigenvalue weighted by atomic mass is 19.1. The fourth-order valence-corrected chi connectivity index (χ4v) is 1.99. The molecule has 136 valence electrons. The predicted octanol–water partition coefficient (Wildman–Crippen LogP) is 2.73. The van der Waals surface area contributed by atoms with E-state index in [1.165, 1.54) is 37.3 Å². The Morgan fingerprint density at radius 2 is 1.81 bits per heavy atom. The van der Waals surface area contributed by atoms with Crippen molar-refractivity contribution in [3.63, 3.8) is 0 Å². The van der Waals surface area contributed by atoms with Crippen molar-refractivity contribution in [1.82, 2.24) is 0 Å². The van der Waals surface area contributed by atoms with Crippen molar-refractivity contribution in [2.75, 3.05) is 18.5 Å². The van der Waals surface area contributed by atoms with E-state index in [0.717, 1.165) is 12.1 Å². The number of carbonyl (C=O) groups is 3. The van der Waals surface area contributed by atoms with Gasteiger partial charge in [0.2, 0.25) is 11.7 Å². The molecule has 2 aromatic carbocycles. The maximum atomic E-state index is 13.9. The van der Waals surface area contributed by atoms with E-state index in [0.29, 0.717) is 0 Å². The van der Waals surface area contributed by atoms with E-state index in [1.54, 1.807) is 0 Å². The third kappa shape index (κ3) is 5.66. The molecular formula is C18H15F2NO5. The summed E-state index contributed by atoms with van der Waals surface area (Å²) in [6.45, 7) is 0.0603. The lowest BCUT2D eigenvalue weighted by Crippen LogP contribution is -2.20. The molecule has 0 aliphatic heterocycles. The number of hydrogen-bond acceptors (Lipinski definition) is 5. The first-order chi connectivity index (χ1) is 12.3. The van der Waals surface area contributed by atoms with Crippen LogP contribution in [0.15, 0.2) is 42.5 Å². The van der Waals surface area contributed by atoms with Crippen LogP contribution in [0, 0.1) is 11.6 Å². The van der Waals surface area contributed by atoms with Gasteiger partial charge in [0.05, 0.1) is 5.56 Å². The van der Waals surface area contributed by atoms with Crippen LogP contribution in [-0.4, -0.2) is 30.9 Å². The zero-order valence-electron chi connectivity index (χ0n) is 13.8. The van der Waals surface area contributed by atoms with Gasteiger partial charge in [-0.2, -0.15) is 0 Å². The summed E-state index contributed by atoms with van der Waals surface area (Å²) < 4.78 is 36.6. The van der Waals surface area contributed by atoms with Gasteiger partial charge in [0.15, 0.2) is 13.2 Å². The number of carbonyl (C=O) groups excluding carboxylic acids is 3. The molecule has 0 fully saturated rings. The highest BCUT2D eigenvalue weighted by Crippen LogP contribution is 2.15. The molecule has 0 aliphatic carbocycles. The number of ketones is 1.